The molecule has 0 aromatic heterocycles. The molecule has 0 aromatic carbocycles. The van der Waals surface area contributed by atoms with Crippen LogP contribution in [0, 0.1) is 0 Å². The minimum Gasteiger partial charge on any atom is -0.462 e. The highest BCUT2D eigenvalue weighted by molar-refractivity contribution is 5.77. The van der Waals surface area contributed by atoms with Gasteiger partial charge in [0.15, 0.2) is 0 Å². The molecule has 0 aliphatic rings. The van der Waals surface area contributed by atoms with Crippen LogP contribution >= 0.6 is 0 Å². The SMILES string of the molecule is CC/C=C/C/C=C/C/C=C/CCCCCCC(=O)OC(CCCCCCCCCCCCCCC)CC(=O)NC(CO)C(O)CCCCCCCCCCCCCCCCCC. The lowest BCUT2D eigenvalue weighted by Crippen LogP contribution is -2.46. The number of hydrogen-bond donors (Lipinski definition) is 3. The van der Waals surface area contributed by atoms with E-state index in [0.29, 0.717) is 19.3 Å². The second-order valence-electron chi connectivity index (χ2n) is 18.6. The molecular formula is C56H105NO5. The third-order valence-corrected chi connectivity index (χ3v) is 12.5. The van der Waals surface area contributed by atoms with Crippen molar-refractivity contribution < 1.29 is 24.5 Å². The number of unbranched alkanes of at least 4 members (excludes halogenated alkanes) is 31. The van der Waals surface area contributed by atoms with E-state index in [0.717, 1.165) is 77.0 Å². The Labute approximate surface area is 385 Å². The number of carbonyl (C=O) groups excluding carboxylic acids is 2. The lowest BCUT2D eigenvalue weighted by atomic mass is 10.0. The summed E-state index contributed by atoms with van der Waals surface area (Å²) in [5.41, 5.74) is 0. The van der Waals surface area contributed by atoms with Gasteiger partial charge in [-0.3, -0.25) is 9.59 Å². The molecule has 0 bridgehead atoms. The fraction of sp³-hybridized carbons (Fsp3) is 0.857. The molecule has 3 N–H and O–H groups in total. The van der Waals surface area contributed by atoms with Crippen molar-refractivity contribution in [2.45, 2.75) is 302 Å². The molecule has 62 heavy (non-hydrogen) atoms. The maximum absolute atomic E-state index is 13.2. The summed E-state index contributed by atoms with van der Waals surface area (Å²) in [6, 6.07) is -0.703. The Morgan fingerprint density at radius 1 is 0.484 bits per heavy atom. The zero-order chi connectivity index (χ0) is 45.2. The van der Waals surface area contributed by atoms with Crippen LogP contribution < -0.4 is 5.32 Å². The van der Waals surface area contributed by atoms with Crippen LogP contribution in [-0.4, -0.2) is 46.9 Å². The first-order valence-electron chi connectivity index (χ1n) is 27.2. The molecule has 3 unspecified atom stereocenters. The molecule has 364 valence electrons. The van der Waals surface area contributed by atoms with Gasteiger partial charge in [-0.05, 0) is 57.8 Å². The van der Waals surface area contributed by atoms with Gasteiger partial charge in [0.2, 0.25) is 5.91 Å². The Morgan fingerprint density at radius 3 is 1.32 bits per heavy atom. The summed E-state index contributed by atoms with van der Waals surface area (Å²) in [7, 11) is 0. The first kappa shape index (κ1) is 60.1. The monoisotopic (exact) mass is 872 g/mol. The van der Waals surface area contributed by atoms with Gasteiger partial charge in [0, 0.05) is 6.42 Å². The van der Waals surface area contributed by atoms with E-state index in [4.69, 9.17) is 4.74 Å². The van der Waals surface area contributed by atoms with E-state index in [-0.39, 0.29) is 24.9 Å². The molecule has 0 spiro atoms. The highest BCUT2D eigenvalue weighted by atomic mass is 16.5. The van der Waals surface area contributed by atoms with Crippen molar-refractivity contribution in [2.75, 3.05) is 6.61 Å². The molecule has 0 heterocycles. The smallest absolute Gasteiger partial charge is 0.306 e. The maximum Gasteiger partial charge on any atom is 0.306 e. The molecular weight excluding hydrogens is 767 g/mol. The largest absolute Gasteiger partial charge is 0.462 e. The van der Waals surface area contributed by atoms with Crippen LogP contribution in [0.4, 0.5) is 0 Å². The van der Waals surface area contributed by atoms with Crippen molar-refractivity contribution in [1.82, 2.24) is 5.32 Å². The van der Waals surface area contributed by atoms with Crippen molar-refractivity contribution in [3.05, 3.63) is 36.5 Å². The Balaban J connectivity index is 4.53. The van der Waals surface area contributed by atoms with Crippen LogP contribution in [0.3, 0.4) is 0 Å². The van der Waals surface area contributed by atoms with Crippen molar-refractivity contribution >= 4 is 11.9 Å². The lowest BCUT2D eigenvalue weighted by Gasteiger charge is -2.24. The van der Waals surface area contributed by atoms with E-state index in [9.17, 15) is 19.8 Å². The molecule has 0 aliphatic heterocycles. The minimum atomic E-state index is -0.789. The Morgan fingerprint density at radius 2 is 0.871 bits per heavy atom. The quantitative estimate of drug-likeness (QED) is 0.0321. The Bertz CT molecular complexity index is 1020. The molecule has 0 aromatic rings. The molecule has 1 amide bonds. The van der Waals surface area contributed by atoms with Gasteiger partial charge in [0.05, 0.1) is 25.2 Å². The normalized spacial score (nSPS) is 13.4. The van der Waals surface area contributed by atoms with E-state index < -0.39 is 18.2 Å². The number of aliphatic hydroxyl groups excluding tert-OH is 2. The zero-order valence-electron chi connectivity index (χ0n) is 41.5. The summed E-state index contributed by atoms with van der Waals surface area (Å²) in [4.78, 5) is 26.2. The van der Waals surface area contributed by atoms with Gasteiger partial charge in [-0.25, -0.2) is 0 Å². The number of allylic oxidation sites excluding steroid dienone is 6. The molecule has 6 nitrogen and oxygen atoms in total. The first-order valence-corrected chi connectivity index (χ1v) is 27.2. The molecule has 3 atom stereocenters. The molecule has 0 fully saturated rings. The first-order chi connectivity index (χ1) is 30.5. The third-order valence-electron chi connectivity index (χ3n) is 12.5. The molecule has 0 radical (unpaired) electrons. The average molecular weight is 872 g/mol. The fourth-order valence-corrected chi connectivity index (χ4v) is 8.39. The summed E-state index contributed by atoms with van der Waals surface area (Å²) in [5.74, 6) is -0.486. The van der Waals surface area contributed by atoms with Crippen LogP contribution in [0.15, 0.2) is 36.5 Å². The minimum absolute atomic E-state index is 0.0726. The van der Waals surface area contributed by atoms with Gasteiger partial charge in [0.1, 0.15) is 6.10 Å². The van der Waals surface area contributed by atoms with Crippen LogP contribution in [0.2, 0.25) is 0 Å². The number of carbonyl (C=O) groups is 2. The van der Waals surface area contributed by atoms with Crippen LogP contribution in [0.1, 0.15) is 284 Å². The number of hydrogen-bond acceptors (Lipinski definition) is 5. The molecule has 0 saturated carbocycles. The van der Waals surface area contributed by atoms with E-state index in [1.54, 1.807) is 0 Å². The lowest BCUT2D eigenvalue weighted by molar-refractivity contribution is -0.151. The topological polar surface area (TPSA) is 95.9 Å². The van der Waals surface area contributed by atoms with E-state index in [1.165, 1.54) is 161 Å². The summed E-state index contributed by atoms with van der Waals surface area (Å²) in [6.07, 6.45) is 59.2. The Hall–Kier alpha value is -1.92. The number of aliphatic hydroxyl groups is 2. The van der Waals surface area contributed by atoms with E-state index >= 15 is 0 Å². The van der Waals surface area contributed by atoms with Gasteiger partial charge in [-0.1, -0.05) is 250 Å². The number of amides is 1. The highest BCUT2D eigenvalue weighted by Gasteiger charge is 2.24. The molecule has 0 aliphatic carbocycles. The number of rotatable bonds is 49. The van der Waals surface area contributed by atoms with Gasteiger partial charge in [0.25, 0.3) is 0 Å². The van der Waals surface area contributed by atoms with Crippen molar-refractivity contribution in [3.8, 4) is 0 Å². The summed E-state index contributed by atoms with van der Waals surface area (Å²) < 4.78 is 5.93. The zero-order valence-corrected chi connectivity index (χ0v) is 41.5. The number of esters is 1. The van der Waals surface area contributed by atoms with Crippen LogP contribution in [-0.2, 0) is 14.3 Å². The predicted molar refractivity (Wildman–Crippen MR) is 269 cm³/mol. The van der Waals surface area contributed by atoms with Gasteiger partial charge in [-0.15, -0.1) is 0 Å². The maximum atomic E-state index is 13.2. The predicted octanol–water partition coefficient (Wildman–Crippen LogP) is 16.5. The van der Waals surface area contributed by atoms with Crippen molar-refractivity contribution in [1.29, 1.82) is 0 Å². The second-order valence-corrected chi connectivity index (χ2v) is 18.6. The molecule has 0 saturated heterocycles. The summed E-state index contributed by atoms with van der Waals surface area (Å²) >= 11 is 0. The molecule has 0 rings (SSSR count). The summed E-state index contributed by atoms with van der Waals surface area (Å²) in [6.45, 7) is 6.39. The van der Waals surface area contributed by atoms with Crippen molar-refractivity contribution in [3.63, 3.8) is 0 Å². The van der Waals surface area contributed by atoms with Gasteiger partial charge < -0.3 is 20.3 Å². The van der Waals surface area contributed by atoms with Crippen LogP contribution in [0.25, 0.3) is 0 Å². The van der Waals surface area contributed by atoms with E-state index in [1.807, 2.05) is 0 Å². The van der Waals surface area contributed by atoms with Gasteiger partial charge >= 0.3 is 5.97 Å². The number of ether oxygens (including phenoxy) is 1. The molecule has 6 heteroatoms. The van der Waals surface area contributed by atoms with E-state index in [2.05, 4.69) is 62.5 Å². The highest BCUT2D eigenvalue weighted by Crippen LogP contribution is 2.18. The average Bonchev–Trinajstić information content (AvgIpc) is 3.26. The fourth-order valence-electron chi connectivity index (χ4n) is 8.39. The van der Waals surface area contributed by atoms with Gasteiger partial charge in [-0.2, -0.15) is 0 Å². The van der Waals surface area contributed by atoms with Crippen LogP contribution in [0.5, 0.6) is 0 Å². The standard InChI is InChI=1S/C56H105NO5/c1-4-7-10-13-16-19-22-25-27-28-30-33-36-39-42-45-48-54(59)53(51-58)57-55(60)50-52(47-44-41-38-35-32-29-24-21-18-15-12-9-6-3)62-56(61)49-46-43-40-37-34-31-26-23-20-17-14-11-8-5-2/h8,11,17,20,26,31,52-54,58-59H,4-7,9-10,12-16,18-19,21-25,27-30,32-51H2,1-3H3,(H,57,60)/b11-8+,20-17+,31-26+. The number of nitrogens with one attached hydrogen (secondary N) is 1. The van der Waals surface area contributed by atoms with Crippen molar-refractivity contribution in [2.24, 2.45) is 0 Å². The Kier molecular flexibility index (Phi) is 48.5. The second kappa shape index (κ2) is 50.1. The summed E-state index contributed by atoms with van der Waals surface area (Å²) in [5, 5.41) is 23.8. The third kappa shape index (κ3) is 44.7.